The van der Waals surface area contributed by atoms with E-state index in [4.69, 9.17) is 0 Å². The van der Waals surface area contributed by atoms with Gasteiger partial charge in [-0.15, -0.1) is 0 Å². The Bertz CT molecular complexity index is 311. The van der Waals surface area contributed by atoms with Crippen molar-refractivity contribution in [2.45, 2.75) is 6.92 Å². The van der Waals surface area contributed by atoms with Gasteiger partial charge in [-0.3, -0.25) is 9.89 Å². The highest BCUT2D eigenvalue weighted by Crippen LogP contribution is 2.06. The summed E-state index contributed by atoms with van der Waals surface area (Å²) in [6.07, 6.45) is 3.61. The molecule has 1 N–H and O–H groups in total. The molecule has 0 radical (unpaired) electrons. The quantitative estimate of drug-likeness (QED) is 0.816. The maximum Gasteiger partial charge on any atom is 0.257 e. The zero-order valence-electron chi connectivity index (χ0n) is 8.70. The zero-order chi connectivity index (χ0) is 10.6. The Morgan fingerprint density at radius 1 is 1.71 bits per heavy atom. The molecule has 0 atom stereocenters. The van der Waals surface area contributed by atoms with Gasteiger partial charge in [0.05, 0.1) is 11.8 Å². The number of aromatic amines is 1. The molecule has 4 nitrogen and oxygen atoms in total. The molecule has 0 bridgehead atoms. The number of H-pyrrole nitrogens is 1. The molecule has 78 valence electrons. The average molecular weight is 213 g/mol. The summed E-state index contributed by atoms with van der Waals surface area (Å²) in [4.78, 5) is 13.5. The van der Waals surface area contributed by atoms with Crippen LogP contribution in [-0.2, 0) is 0 Å². The minimum absolute atomic E-state index is 0.0327. The Labute approximate surface area is 88.1 Å². The number of amides is 1. The van der Waals surface area contributed by atoms with Crippen LogP contribution in [0.25, 0.3) is 0 Å². The summed E-state index contributed by atoms with van der Waals surface area (Å²) in [6.45, 7) is 2.62. The lowest BCUT2D eigenvalue weighted by Crippen LogP contribution is -2.29. The van der Waals surface area contributed by atoms with Gasteiger partial charge in [0.25, 0.3) is 5.91 Å². The molecule has 0 saturated heterocycles. The molecule has 0 aromatic carbocycles. The van der Waals surface area contributed by atoms with Crippen molar-refractivity contribution in [3.05, 3.63) is 17.5 Å². The number of rotatable bonds is 4. The first kappa shape index (κ1) is 11.1. The zero-order valence-corrected chi connectivity index (χ0v) is 9.52. The first-order valence-electron chi connectivity index (χ1n) is 4.41. The smallest absolute Gasteiger partial charge is 0.257 e. The van der Waals surface area contributed by atoms with E-state index in [1.165, 1.54) is 0 Å². The van der Waals surface area contributed by atoms with E-state index in [1.807, 2.05) is 20.2 Å². The third kappa shape index (κ3) is 2.51. The van der Waals surface area contributed by atoms with Crippen molar-refractivity contribution in [2.24, 2.45) is 0 Å². The van der Waals surface area contributed by atoms with Gasteiger partial charge in [0.2, 0.25) is 0 Å². The molecule has 0 spiro atoms. The molecule has 1 aromatic rings. The number of aromatic nitrogens is 2. The van der Waals surface area contributed by atoms with Crippen LogP contribution in [0.3, 0.4) is 0 Å². The maximum absolute atomic E-state index is 11.8. The van der Waals surface area contributed by atoms with Crippen LogP contribution >= 0.6 is 11.8 Å². The fraction of sp³-hybridized carbons (Fsp3) is 0.556. The minimum Gasteiger partial charge on any atom is -0.341 e. The summed E-state index contributed by atoms with van der Waals surface area (Å²) >= 11 is 1.73. The van der Waals surface area contributed by atoms with E-state index in [9.17, 15) is 4.79 Å². The van der Waals surface area contributed by atoms with Gasteiger partial charge in [0, 0.05) is 25.0 Å². The standard InChI is InChI=1S/C9H15N3OS/c1-7-8(6-10-11-7)9(13)12(2)4-5-14-3/h6H,4-5H2,1-3H3,(H,10,11). The van der Waals surface area contributed by atoms with Crippen molar-refractivity contribution in [2.75, 3.05) is 25.6 Å². The third-order valence-corrected chi connectivity index (χ3v) is 2.63. The predicted octanol–water partition coefficient (Wildman–Crippen LogP) is 1.15. The number of hydrogen-bond acceptors (Lipinski definition) is 3. The molecule has 1 aromatic heterocycles. The molecular formula is C9H15N3OS. The van der Waals surface area contributed by atoms with E-state index in [1.54, 1.807) is 22.9 Å². The second-order valence-corrected chi connectivity index (χ2v) is 4.11. The summed E-state index contributed by atoms with van der Waals surface area (Å²) in [5.74, 6) is 0.990. The Morgan fingerprint density at radius 2 is 2.43 bits per heavy atom. The van der Waals surface area contributed by atoms with Crippen LogP contribution in [0.15, 0.2) is 6.20 Å². The second kappa shape index (κ2) is 5.05. The SMILES string of the molecule is CSCCN(C)C(=O)c1cn[nH]c1C. The number of nitrogens with one attached hydrogen (secondary N) is 1. The average Bonchev–Trinajstić information content (AvgIpc) is 2.59. The van der Waals surface area contributed by atoms with Crippen molar-refractivity contribution in [3.8, 4) is 0 Å². The van der Waals surface area contributed by atoms with Crippen LogP contribution in [0.2, 0.25) is 0 Å². The molecule has 0 saturated carbocycles. The van der Waals surface area contributed by atoms with Crippen LogP contribution in [0.4, 0.5) is 0 Å². The number of aryl methyl sites for hydroxylation is 1. The van der Waals surface area contributed by atoms with Gasteiger partial charge in [-0.25, -0.2) is 0 Å². The summed E-state index contributed by atoms with van der Waals surface area (Å²) in [7, 11) is 1.81. The Hall–Kier alpha value is -0.970. The molecule has 1 amide bonds. The lowest BCUT2D eigenvalue weighted by molar-refractivity contribution is 0.0803. The largest absolute Gasteiger partial charge is 0.341 e. The Balaban J connectivity index is 2.61. The fourth-order valence-electron chi connectivity index (χ4n) is 1.10. The van der Waals surface area contributed by atoms with Crippen molar-refractivity contribution in [3.63, 3.8) is 0 Å². The molecule has 0 fully saturated rings. The van der Waals surface area contributed by atoms with Gasteiger partial charge < -0.3 is 4.90 Å². The summed E-state index contributed by atoms with van der Waals surface area (Å²) < 4.78 is 0. The molecule has 5 heteroatoms. The molecular weight excluding hydrogens is 198 g/mol. The molecule has 1 heterocycles. The van der Waals surface area contributed by atoms with Crippen molar-refractivity contribution >= 4 is 17.7 Å². The van der Waals surface area contributed by atoms with Gasteiger partial charge >= 0.3 is 0 Å². The van der Waals surface area contributed by atoms with Gasteiger partial charge in [0.15, 0.2) is 0 Å². The molecule has 0 aliphatic heterocycles. The van der Waals surface area contributed by atoms with E-state index in [0.29, 0.717) is 5.56 Å². The van der Waals surface area contributed by atoms with Gasteiger partial charge in [-0.2, -0.15) is 16.9 Å². The topological polar surface area (TPSA) is 49.0 Å². The van der Waals surface area contributed by atoms with E-state index < -0.39 is 0 Å². The summed E-state index contributed by atoms with van der Waals surface area (Å²) in [5.41, 5.74) is 1.49. The van der Waals surface area contributed by atoms with Crippen molar-refractivity contribution in [1.29, 1.82) is 0 Å². The van der Waals surface area contributed by atoms with Gasteiger partial charge in [-0.1, -0.05) is 0 Å². The first-order chi connectivity index (χ1) is 6.66. The van der Waals surface area contributed by atoms with Crippen LogP contribution in [-0.4, -0.2) is 46.6 Å². The molecule has 0 aliphatic carbocycles. The van der Waals surface area contributed by atoms with Gasteiger partial charge in [0.1, 0.15) is 0 Å². The number of nitrogens with zero attached hydrogens (tertiary/aromatic N) is 2. The van der Waals surface area contributed by atoms with Crippen LogP contribution < -0.4 is 0 Å². The number of carbonyl (C=O) groups excluding carboxylic acids is 1. The number of thioether (sulfide) groups is 1. The maximum atomic E-state index is 11.8. The third-order valence-electron chi connectivity index (χ3n) is 2.04. The van der Waals surface area contributed by atoms with E-state index in [0.717, 1.165) is 18.0 Å². The highest BCUT2D eigenvalue weighted by molar-refractivity contribution is 7.98. The molecule has 0 aliphatic rings. The Morgan fingerprint density at radius 3 is 2.93 bits per heavy atom. The van der Waals surface area contributed by atoms with Crippen molar-refractivity contribution in [1.82, 2.24) is 15.1 Å². The van der Waals surface area contributed by atoms with Gasteiger partial charge in [-0.05, 0) is 13.2 Å². The minimum atomic E-state index is 0.0327. The number of hydrogen-bond donors (Lipinski definition) is 1. The lowest BCUT2D eigenvalue weighted by atomic mass is 10.2. The molecule has 14 heavy (non-hydrogen) atoms. The van der Waals surface area contributed by atoms with E-state index in [2.05, 4.69) is 10.2 Å². The normalized spacial score (nSPS) is 10.2. The number of carbonyl (C=O) groups is 1. The fourth-order valence-corrected chi connectivity index (χ4v) is 1.56. The first-order valence-corrected chi connectivity index (χ1v) is 5.80. The monoisotopic (exact) mass is 213 g/mol. The van der Waals surface area contributed by atoms with E-state index in [-0.39, 0.29) is 5.91 Å². The summed E-state index contributed by atoms with van der Waals surface area (Å²) in [5, 5.41) is 6.59. The molecule has 0 unspecified atom stereocenters. The van der Waals surface area contributed by atoms with Crippen LogP contribution in [0.1, 0.15) is 16.1 Å². The van der Waals surface area contributed by atoms with Crippen LogP contribution in [0.5, 0.6) is 0 Å². The summed E-state index contributed by atoms with van der Waals surface area (Å²) in [6, 6.07) is 0. The highest BCUT2D eigenvalue weighted by Gasteiger charge is 2.14. The van der Waals surface area contributed by atoms with Crippen LogP contribution in [0, 0.1) is 6.92 Å². The second-order valence-electron chi connectivity index (χ2n) is 3.13. The highest BCUT2D eigenvalue weighted by atomic mass is 32.2. The van der Waals surface area contributed by atoms with Crippen molar-refractivity contribution < 1.29 is 4.79 Å². The predicted molar refractivity (Wildman–Crippen MR) is 58.7 cm³/mol. The Kier molecular flexibility index (Phi) is 4.00. The van der Waals surface area contributed by atoms with E-state index >= 15 is 0 Å². The molecule has 1 rings (SSSR count). The lowest BCUT2D eigenvalue weighted by Gasteiger charge is -2.15.